The average Bonchev–Trinajstić information content (AvgIpc) is 2.59. The van der Waals surface area contributed by atoms with Crippen molar-refractivity contribution >= 4 is 11.9 Å². The van der Waals surface area contributed by atoms with Crippen LogP contribution in [0.4, 0.5) is 0 Å². The quantitative estimate of drug-likeness (QED) is 0.494. The van der Waals surface area contributed by atoms with E-state index in [9.17, 15) is 9.59 Å². The van der Waals surface area contributed by atoms with Gasteiger partial charge in [0.2, 0.25) is 0 Å². The fraction of sp³-hybridized carbons (Fsp3) is 0.826. The van der Waals surface area contributed by atoms with Crippen molar-refractivity contribution in [3.05, 3.63) is 12.7 Å². The summed E-state index contributed by atoms with van der Waals surface area (Å²) in [7, 11) is 0. The van der Waals surface area contributed by atoms with Gasteiger partial charge in [0.05, 0.1) is 5.60 Å². The molecule has 3 unspecified atom stereocenters. The summed E-state index contributed by atoms with van der Waals surface area (Å²) in [5, 5.41) is 0. The number of esters is 2. The summed E-state index contributed by atoms with van der Waals surface area (Å²) in [4.78, 5) is 24.7. The van der Waals surface area contributed by atoms with Gasteiger partial charge in [-0.25, -0.2) is 9.59 Å². The zero-order valence-electron chi connectivity index (χ0n) is 17.3. The minimum absolute atomic E-state index is 0.253. The Morgan fingerprint density at radius 1 is 1.00 bits per heavy atom. The Morgan fingerprint density at radius 2 is 1.61 bits per heavy atom. The molecule has 0 aromatic carbocycles. The lowest BCUT2D eigenvalue weighted by molar-refractivity contribution is -0.246. The van der Waals surface area contributed by atoms with E-state index in [2.05, 4.69) is 6.58 Å². The van der Waals surface area contributed by atoms with Crippen molar-refractivity contribution in [1.82, 2.24) is 0 Å². The third-order valence-corrected chi connectivity index (χ3v) is 7.45. The Hall–Kier alpha value is -1.36. The lowest BCUT2D eigenvalue weighted by atomic mass is 9.52. The first kappa shape index (κ1) is 19.9. The summed E-state index contributed by atoms with van der Waals surface area (Å²) in [6.45, 7) is 7.40. The van der Waals surface area contributed by atoms with Crippen LogP contribution in [-0.2, 0) is 23.8 Å². The Kier molecular flexibility index (Phi) is 5.09. The third kappa shape index (κ3) is 3.87. The predicted molar refractivity (Wildman–Crippen MR) is 105 cm³/mol. The van der Waals surface area contributed by atoms with Gasteiger partial charge in [0, 0.05) is 12.5 Å². The van der Waals surface area contributed by atoms with Crippen LogP contribution in [0.25, 0.3) is 0 Å². The van der Waals surface area contributed by atoms with Crippen LogP contribution >= 0.6 is 0 Å². The van der Waals surface area contributed by atoms with Gasteiger partial charge in [0.1, 0.15) is 11.2 Å². The molecule has 0 aromatic rings. The molecule has 5 heteroatoms. The van der Waals surface area contributed by atoms with Gasteiger partial charge in [0.15, 0.2) is 6.10 Å². The van der Waals surface area contributed by atoms with Gasteiger partial charge in [-0.05, 0) is 83.5 Å². The molecule has 5 aliphatic rings. The molecule has 0 radical (unpaired) electrons. The second kappa shape index (κ2) is 7.16. The van der Waals surface area contributed by atoms with Crippen molar-refractivity contribution < 1.29 is 23.8 Å². The molecule has 3 atom stereocenters. The molecule has 5 nitrogen and oxygen atoms in total. The van der Waals surface area contributed by atoms with Crippen LogP contribution in [0.2, 0.25) is 0 Å². The van der Waals surface area contributed by atoms with E-state index in [0.29, 0.717) is 18.3 Å². The van der Waals surface area contributed by atoms with Crippen molar-refractivity contribution in [2.75, 3.05) is 0 Å². The largest absolute Gasteiger partial charge is 0.457 e. The molecule has 4 bridgehead atoms. The second-order valence-electron chi connectivity index (χ2n) is 10.1. The van der Waals surface area contributed by atoms with Gasteiger partial charge < -0.3 is 14.2 Å². The molecule has 28 heavy (non-hydrogen) atoms. The summed E-state index contributed by atoms with van der Waals surface area (Å²) in [5.41, 5.74) is -1.18. The Bertz CT molecular complexity index is 633. The fourth-order valence-electron chi connectivity index (χ4n) is 6.76. The minimum Gasteiger partial charge on any atom is -0.457 e. The Morgan fingerprint density at radius 3 is 2.21 bits per heavy atom. The first-order valence-electron chi connectivity index (χ1n) is 11.0. The van der Waals surface area contributed by atoms with Crippen molar-refractivity contribution in [2.45, 2.75) is 107 Å². The molecule has 0 N–H and O–H groups in total. The summed E-state index contributed by atoms with van der Waals surface area (Å²) in [6.07, 6.45) is 11.5. The fourth-order valence-corrected chi connectivity index (χ4v) is 6.76. The van der Waals surface area contributed by atoms with Gasteiger partial charge in [-0.15, -0.1) is 0 Å². The van der Waals surface area contributed by atoms with Crippen LogP contribution in [0.3, 0.4) is 0 Å². The number of carbonyl (C=O) groups excluding carboxylic acids is 2. The monoisotopic (exact) mass is 390 g/mol. The maximum atomic E-state index is 12.8. The lowest BCUT2D eigenvalue weighted by Crippen LogP contribution is -2.62. The average molecular weight is 391 g/mol. The smallest absolute Gasteiger partial charge is 0.335 e. The molecule has 0 heterocycles. The van der Waals surface area contributed by atoms with E-state index in [4.69, 9.17) is 14.2 Å². The highest BCUT2D eigenvalue weighted by Gasteiger charge is 2.61. The normalized spacial score (nSPS) is 39.2. The van der Waals surface area contributed by atoms with Crippen LogP contribution < -0.4 is 0 Å². The van der Waals surface area contributed by atoms with Crippen LogP contribution in [0.5, 0.6) is 0 Å². The molecule has 5 aliphatic carbocycles. The van der Waals surface area contributed by atoms with Gasteiger partial charge in [-0.2, -0.15) is 0 Å². The highest BCUT2D eigenvalue weighted by molar-refractivity contribution is 5.81. The molecular weight excluding hydrogens is 356 g/mol. The van der Waals surface area contributed by atoms with E-state index < -0.39 is 11.7 Å². The molecule has 156 valence electrons. The van der Waals surface area contributed by atoms with Crippen molar-refractivity contribution in [1.29, 1.82) is 0 Å². The van der Waals surface area contributed by atoms with Gasteiger partial charge in [0.25, 0.3) is 0 Å². The van der Waals surface area contributed by atoms with Gasteiger partial charge in [-0.3, -0.25) is 0 Å². The second-order valence-corrected chi connectivity index (χ2v) is 10.1. The molecular formula is C23H34O5. The lowest BCUT2D eigenvalue weighted by Gasteiger charge is -2.60. The van der Waals surface area contributed by atoms with E-state index in [1.165, 1.54) is 18.9 Å². The summed E-state index contributed by atoms with van der Waals surface area (Å²) < 4.78 is 18.2. The van der Waals surface area contributed by atoms with E-state index in [0.717, 1.165) is 51.4 Å². The van der Waals surface area contributed by atoms with Crippen LogP contribution in [-0.4, -0.2) is 34.8 Å². The molecule has 0 amide bonds. The molecule has 5 saturated carbocycles. The standard InChI is InChI=1S/C23H34O5/c1-4-19(24)27-23-13-17-10-18(14-23)12-22(11-17,15-23)26-16(2)20(25)28-21(3)8-6-5-7-9-21/h4,16-18H,1,5-15H2,2-3H3. The van der Waals surface area contributed by atoms with E-state index in [-0.39, 0.29) is 23.1 Å². The summed E-state index contributed by atoms with van der Waals surface area (Å²) in [5.74, 6) is 0.392. The third-order valence-electron chi connectivity index (χ3n) is 7.45. The Balaban J connectivity index is 1.44. The van der Waals surface area contributed by atoms with E-state index in [1.807, 2.05) is 13.8 Å². The van der Waals surface area contributed by atoms with Crippen LogP contribution in [0, 0.1) is 11.8 Å². The van der Waals surface area contributed by atoms with Crippen molar-refractivity contribution in [2.24, 2.45) is 11.8 Å². The molecule has 0 spiro atoms. The molecule has 5 fully saturated rings. The van der Waals surface area contributed by atoms with E-state index in [1.54, 1.807) is 0 Å². The number of hydrogen-bond acceptors (Lipinski definition) is 5. The molecule has 0 aliphatic heterocycles. The molecule has 5 rings (SSSR count). The highest BCUT2D eigenvalue weighted by atomic mass is 16.6. The highest BCUT2D eigenvalue weighted by Crippen LogP contribution is 2.60. The Labute approximate surface area is 168 Å². The van der Waals surface area contributed by atoms with Crippen LogP contribution in [0.15, 0.2) is 12.7 Å². The SMILES string of the molecule is C=CC(=O)OC12CC3CC(C1)CC(OC(C)C(=O)OC1(C)CCCCC1)(C3)C2. The minimum atomic E-state index is -0.595. The van der Waals surface area contributed by atoms with E-state index >= 15 is 0 Å². The number of ether oxygens (including phenoxy) is 3. The molecule has 0 aromatic heterocycles. The topological polar surface area (TPSA) is 61.8 Å². The number of hydrogen-bond donors (Lipinski definition) is 0. The predicted octanol–water partition coefficient (Wildman–Crippen LogP) is 4.48. The first-order valence-corrected chi connectivity index (χ1v) is 11.0. The summed E-state index contributed by atoms with van der Waals surface area (Å²) in [6, 6.07) is 0. The van der Waals surface area contributed by atoms with Crippen LogP contribution in [0.1, 0.15) is 84.5 Å². The molecule has 0 saturated heterocycles. The van der Waals surface area contributed by atoms with Crippen molar-refractivity contribution in [3.63, 3.8) is 0 Å². The maximum Gasteiger partial charge on any atom is 0.335 e. The van der Waals surface area contributed by atoms with Gasteiger partial charge in [-0.1, -0.05) is 13.0 Å². The zero-order chi connectivity index (χ0) is 20.0. The summed E-state index contributed by atoms with van der Waals surface area (Å²) >= 11 is 0. The van der Waals surface area contributed by atoms with Crippen molar-refractivity contribution in [3.8, 4) is 0 Å². The first-order chi connectivity index (χ1) is 13.2. The number of carbonyl (C=O) groups is 2. The zero-order valence-corrected chi connectivity index (χ0v) is 17.3. The number of rotatable bonds is 6. The van der Waals surface area contributed by atoms with Gasteiger partial charge >= 0.3 is 11.9 Å². The maximum absolute atomic E-state index is 12.8.